The van der Waals surface area contributed by atoms with Crippen LogP contribution in [0.15, 0.2) is 16.6 Å². The van der Waals surface area contributed by atoms with E-state index in [1.54, 1.807) is 12.1 Å². The maximum Gasteiger partial charge on any atom is 0.161 e. The van der Waals surface area contributed by atoms with E-state index in [0.29, 0.717) is 23.2 Å². The van der Waals surface area contributed by atoms with Crippen molar-refractivity contribution in [2.24, 2.45) is 5.92 Å². The van der Waals surface area contributed by atoms with Gasteiger partial charge in [-0.05, 0) is 53.7 Å². The minimum atomic E-state index is -0.324. The summed E-state index contributed by atoms with van der Waals surface area (Å²) in [6, 6.07) is 5.70. The summed E-state index contributed by atoms with van der Waals surface area (Å²) in [5, 5.41) is 8.87. The van der Waals surface area contributed by atoms with Gasteiger partial charge in [0, 0.05) is 12.6 Å². The third kappa shape index (κ3) is 2.37. The molecule has 0 bridgehead atoms. The van der Waals surface area contributed by atoms with E-state index >= 15 is 0 Å². The number of hydrogen-bond donors (Lipinski definition) is 0. The van der Waals surface area contributed by atoms with Gasteiger partial charge in [0.25, 0.3) is 0 Å². The molecule has 2 rings (SSSR count). The van der Waals surface area contributed by atoms with Gasteiger partial charge in [0.2, 0.25) is 0 Å². The Balaban J connectivity index is 2.35. The van der Waals surface area contributed by atoms with Crippen molar-refractivity contribution in [1.29, 1.82) is 5.26 Å². The summed E-state index contributed by atoms with van der Waals surface area (Å²) in [6.45, 7) is 5.23. The lowest BCUT2D eigenvalue weighted by Gasteiger charge is -2.38. The van der Waals surface area contributed by atoms with Crippen molar-refractivity contribution < 1.29 is 4.39 Å². The zero-order chi connectivity index (χ0) is 13.3. The van der Waals surface area contributed by atoms with Crippen LogP contribution >= 0.6 is 15.9 Å². The molecule has 0 radical (unpaired) electrons. The summed E-state index contributed by atoms with van der Waals surface area (Å²) in [4.78, 5) is 2.10. The van der Waals surface area contributed by atoms with Gasteiger partial charge in [-0.25, -0.2) is 4.39 Å². The lowest BCUT2D eigenvalue weighted by molar-refractivity contribution is 0.374. The molecule has 18 heavy (non-hydrogen) atoms. The Morgan fingerprint density at radius 1 is 1.44 bits per heavy atom. The molecule has 1 aromatic rings. The topological polar surface area (TPSA) is 27.0 Å². The van der Waals surface area contributed by atoms with E-state index in [1.165, 1.54) is 0 Å². The van der Waals surface area contributed by atoms with Gasteiger partial charge in [-0.1, -0.05) is 6.92 Å². The Hall–Kier alpha value is -1.08. The molecule has 1 aliphatic heterocycles. The van der Waals surface area contributed by atoms with E-state index in [-0.39, 0.29) is 10.3 Å². The Morgan fingerprint density at radius 2 is 2.17 bits per heavy atom. The molecule has 2 atom stereocenters. The van der Waals surface area contributed by atoms with Crippen LogP contribution in [-0.2, 0) is 0 Å². The molecule has 0 N–H and O–H groups in total. The highest BCUT2D eigenvalue weighted by atomic mass is 79.9. The third-order valence-electron chi connectivity index (χ3n) is 3.63. The Bertz CT molecular complexity index is 495. The van der Waals surface area contributed by atoms with E-state index in [9.17, 15) is 4.39 Å². The van der Waals surface area contributed by atoms with Crippen LogP contribution in [0.5, 0.6) is 0 Å². The van der Waals surface area contributed by atoms with Crippen LogP contribution < -0.4 is 4.90 Å². The molecule has 1 heterocycles. The summed E-state index contributed by atoms with van der Waals surface area (Å²) in [6.07, 6.45) is 2.17. The normalized spacial score (nSPS) is 23.8. The second kappa shape index (κ2) is 5.27. The molecule has 0 aliphatic carbocycles. The number of halogens is 2. The maximum absolute atomic E-state index is 14.3. The Kier molecular flexibility index (Phi) is 3.91. The van der Waals surface area contributed by atoms with Crippen molar-refractivity contribution in [3.63, 3.8) is 0 Å². The van der Waals surface area contributed by atoms with Crippen molar-refractivity contribution >= 4 is 21.6 Å². The molecule has 0 amide bonds. The summed E-state index contributed by atoms with van der Waals surface area (Å²) in [5.41, 5.74) is 0.939. The van der Waals surface area contributed by atoms with Crippen molar-refractivity contribution in [2.75, 3.05) is 11.4 Å². The third-order valence-corrected chi connectivity index (χ3v) is 4.41. The molecule has 2 nitrogen and oxygen atoms in total. The zero-order valence-corrected chi connectivity index (χ0v) is 12.2. The van der Waals surface area contributed by atoms with Crippen molar-refractivity contribution in [2.45, 2.75) is 32.7 Å². The quantitative estimate of drug-likeness (QED) is 0.781. The zero-order valence-electron chi connectivity index (χ0n) is 10.6. The number of nitrogens with zero attached hydrogens (tertiary/aromatic N) is 2. The average Bonchev–Trinajstić information content (AvgIpc) is 2.34. The first-order chi connectivity index (χ1) is 8.54. The first-order valence-electron chi connectivity index (χ1n) is 6.19. The van der Waals surface area contributed by atoms with Gasteiger partial charge < -0.3 is 4.90 Å². The predicted molar refractivity (Wildman–Crippen MR) is 74.0 cm³/mol. The molecule has 4 heteroatoms. The number of rotatable bonds is 1. The number of hydrogen-bond acceptors (Lipinski definition) is 2. The molecule has 1 saturated heterocycles. The highest BCUT2D eigenvalue weighted by molar-refractivity contribution is 9.10. The number of benzene rings is 1. The monoisotopic (exact) mass is 310 g/mol. The average molecular weight is 311 g/mol. The van der Waals surface area contributed by atoms with E-state index < -0.39 is 0 Å². The second-order valence-electron chi connectivity index (χ2n) is 5.04. The maximum atomic E-state index is 14.3. The highest BCUT2D eigenvalue weighted by Gasteiger charge is 2.26. The molecule has 0 saturated carbocycles. The van der Waals surface area contributed by atoms with Gasteiger partial charge in [0.05, 0.1) is 15.7 Å². The van der Waals surface area contributed by atoms with Gasteiger partial charge in [0.15, 0.2) is 5.82 Å². The molecule has 96 valence electrons. The SMILES string of the molecule is CC1CCN(c2ccc(C#N)c(Br)c2F)C(C)C1. The van der Waals surface area contributed by atoms with Crippen molar-refractivity contribution in [3.05, 3.63) is 28.0 Å². The van der Waals surface area contributed by atoms with Gasteiger partial charge >= 0.3 is 0 Å². The smallest absolute Gasteiger partial charge is 0.161 e. The van der Waals surface area contributed by atoms with Crippen LogP contribution in [-0.4, -0.2) is 12.6 Å². The fraction of sp³-hybridized carbons (Fsp3) is 0.500. The molecule has 0 spiro atoms. The van der Waals surface area contributed by atoms with E-state index in [4.69, 9.17) is 5.26 Å². The summed E-state index contributed by atoms with van der Waals surface area (Å²) in [7, 11) is 0. The van der Waals surface area contributed by atoms with Gasteiger partial charge in [-0.15, -0.1) is 0 Å². The molecule has 1 aliphatic rings. The molecule has 2 unspecified atom stereocenters. The molecule has 0 aromatic heterocycles. The van der Waals surface area contributed by atoms with Crippen LogP contribution in [0, 0.1) is 23.1 Å². The Morgan fingerprint density at radius 3 is 2.78 bits per heavy atom. The van der Waals surface area contributed by atoms with Gasteiger partial charge in [-0.2, -0.15) is 5.26 Å². The van der Waals surface area contributed by atoms with E-state index in [1.807, 2.05) is 6.07 Å². The lowest BCUT2D eigenvalue weighted by atomic mass is 9.93. The number of piperidine rings is 1. The number of anilines is 1. The fourth-order valence-electron chi connectivity index (χ4n) is 2.61. The molecular weight excluding hydrogens is 295 g/mol. The second-order valence-corrected chi connectivity index (χ2v) is 5.84. The summed E-state index contributed by atoms with van der Waals surface area (Å²) >= 11 is 3.17. The number of nitriles is 1. The highest BCUT2D eigenvalue weighted by Crippen LogP contribution is 2.33. The fourth-order valence-corrected chi connectivity index (χ4v) is 3.04. The van der Waals surface area contributed by atoms with Gasteiger partial charge in [-0.3, -0.25) is 0 Å². The molecule has 1 aromatic carbocycles. The van der Waals surface area contributed by atoms with Crippen LogP contribution in [0.3, 0.4) is 0 Å². The Labute approximate surface area is 116 Å². The predicted octanol–water partition coefficient (Wildman–Crippen LogP) is 4.08. The summed E-state index contributed by atoms with van der Waals surface area (Å²) in [5.74, 6) is 0.372. The first-order valence-corrected chi connectivity index (χ1v) is 6.98. The van der Waals surface area contributed by atoms with E-state index in [0.717, 1.165) is 19.4 Å². The van der Waals surface area contributed by atoms with Crippen molar-refractivity contribution in [3.8, 4) is 6.07 Å². The van der Waals surface area contributed by atoms with Crippen LogP contribution in [0.1, 0.15) is 32.3 Å². The molecular formula is C14H16BrFN2. The van der Waals surface area contributed by atoms with Crippen LogP contribution in [0.25, 0.3) is 0 Å². The minimum absolute atomic E-state index is 0.272. The summed E-state index contributed by atoms with van der Waals surface area (Å²) < 4.78 is 14.5. The molecule has 1 fully saturated rings. The van der Waals surface area contributed by atoms with Crippen molar-refractivity contribution in [1.82, 2.24) is 0 Å². The standard InChI is InChI=1S/C14H16BrFN2/c1-9-5-6-18(10(2)7-9)12-4-3-11(8-17)13(15)14(12)16/h3-4,9-10H,5-7H2,1-2H3. The largest absolute Gasteiger partial charge is 0.366 e. The van der Waals surface area contributed by atoms with Gasteiger partial charge in [0.1, 0.15) is 6.07 Å². The first kappa shape index (κ1) is 13.4. The van der Waals surface area contributed by atoms with E-state index in [2.05, 4.69) is 34.7 Å². The van der Waals surface area contributed by atoms with Crippen LogP contribution in [0.4, 0.5) is 10.1 Å². The minimum Gasteiger partial charge on any atom is -0.366 e. The lowest BCUT2D eigenvalue weighted by Crippen LogP contribution is -2.40. The van der Waals surface area contributed by atoms with Crippen LogP contribution in [0.2, 0.25) is 0 Å².